The van der Waals surface area contributed by atoms with Gasteiger partial charge in [-0.15, -0.1) is 11.3 Å². The first-order valence-electron chi connectivity index (χ1n) is 5.56. The summed E-state index contributed by atoms with van der Waals surface area (Å²) < 4.78 is 0. The largest absolute Gasteiger partial charge is 0.321 e. The first kappa shape index (κ1) is 8.93. The second-order valence-corrected chi connectivity index (χ2v) is 6.14. The molecule has 0 atom stereocenters. The van der Waals surface area contributed by atoms with E-state index in [1.165, 1.54) is 43.4 Å². The predicted molar refractivity (Wildman–Crippen MR) is 60.3 cm³/mol. The third-order valence-electron chi connectivity index (χ3n) is 4.06. The Hall–Kier alpha value is -0.340. The van der Waals surface area contributed by atoms with Crippen LogP contribution in [0, 0.1) is 5.41 Å². The van der Waals surface area contributed by atoms with E-state index in [1.54, 1.807) is 0 Å². The van der Waals surface area contributed by atoms with Crippen LogP contribution in [-0.4, -0.2) is 0 Å². The fourth-order valence-corrected chi connectivity index (χ4v) is 4.34. The van der Waals surface area contributed by atoms with Crippen molar-refractivity contribution in [3.8, 4) is 0 Å². The van der Waals surface area contributed by atoms with Crippen molar-refractivity contribution < 1.29 is 0 Å². The van der Waals surface area contributed by atoms with E-state index in [9.17, 15) is 0 Å². The van der Waals surface area contributed by atoms with Gasteiger partial charge in [-0.3, -0.25) is 0 Å². The Balaban J connectivity index is 1.78. The Morgan fingerprint density at radius 3 is 2.50 bits per heavy atom. The highest BCUT2D eigenvalue weighted by Gasteiger charge is 2.54. The quantitative estimate of drug-likeness (QED) is 0.751. The third kappa shape index (κ3) is 1.17. The van der Waals surface area contributed by atoms with Crippen LogP contribution in [0.3, 0.4) is 0 Å². The minimum Gasteiger partial charge on any atom is -0.321 e. The maximum Gasteiger partial charge on any atom is 0.0514 e. The molecule has 2 fully saturated rings. The van der Waals surface area contributed by atoms with Crippen LogP contribution in [0.5, 0.6) is 0 Å². The number of nitrogens with two attached hydrogens (primary N) is 1. The van der Waals surface area contributed by atoms with Gasteiger partial charge in [-0.1, -0.05) is 18.9 Å². The lowest BCUT2D eigenvalue weighted by Crippen LogP contribution is -2.54. The van der Waals surface area contributed by atoms with E-state index in [2.05, 4.69) is 17.5 Å². The maximum atomic E-state index is 6.43. The van der Waals surface area contributed by atoms with Gasteiger partial charge in [-0.2, -0.15) is 0 Å². The molecule has 1 nitrogen and oxygen atoms in total. The summed E-state index contributed by atoms with van der Waals surface area (Å²) in [6.07, 6.45) is 8.19. The zero-order valence-electron chi connectivity index (χ0n) is 8.46. The van der Waals surface area contributed by atoms with Crippen LogP contribution < -0.4 is 5.73 Å². The van der Waals surface area contributed by atoms with Gasteiger partial charge in [0.05, 0.1) is 5.54 Å². The summed E-state index contributed by atoms with van der Waals surface area (Å²) in [5.74, 6) is 0. The van der Waals surface area contributed by atoms with Crippen LogP contribution in [0.15, 0.2) is 17.5 Å². The van der Waals surface area contributed by atoms with Gasteiger partial charge in [0.1, 0.15) is 0 Å². The molecule has 1 heterocycles. The molecule has 1 aromatic rings. The van der Waals surface area contributed by atoms with E-state index in [1.807, 2.05) is 11.3 Å². The molecular formula is C12H17NS. The van der Waals surface area contributed by atoms with E-state index in [0.717, 1.165) is 0 Å². The molecule has 3 rings (SSSR count). The second kappa shape index (κ2) is 2.83. The summed E-state index contributed by atoms with van der Waals surface area (Å²) in [5.41, 5.74) is 7.13. The minimum atomic E-state index is 0.0402. The average molecular weight is 207 g/mol. The van der Waals surface area contributed by atoms with E-state index in [0.29, 0.717) is 5.41 Å². The first-order chi connectivity index (χ1) is 6.73. The van der Waals surface area contributed by atoms with E-state index >= 15 is 0 Å². The van der Waals surface area contributed by atoms with Crippen molar-refractivity contribution in [3.05, 3.63) is 22.4 Å². The highest BCUT2D eigenvalue weighted by atomic mass is 32.1. The van der Waals surface area contributed by atoms with Gasteiger partial charge in [-0.05, 0) is 42.5 Å². The van der Waals surface area contributed by atoms with Gasteiger partial charge in [0, 0.05) is 4.88 Å². The predicted octanol–water partition coefficient (Wildman–Crippen LogP) is 3.26. The Morgan fingerprint density at radius 2 is 1.93 bits per heavy atom. The van der Waals surface area contributed by atoms with Gasteiger partial charge in [-0.25, -0.2) is 0 Å². The molecule has 2 aliphatic carbocycles. The summed E-state index contributed by atoms with van der Waals surface area (Å²) in [4.78, 5) is 1.40. The SMILES string of the molecule is NC1(c2cccs2)CC2(CCCC2)C1. The van der Waals surface area contributed by atoms with E-state index in [4.69, 9.17) is 5.73 Å². The molecule has 2 heteroatoms. The van der Waals surface area contributed by atoms with Crippen LogP contribution in [0.25, 0.3) is 0 Å². The summed E-state index contributed by atoms with van der Waals surface area (Å²) >= 11 is 1.82. The van der Waals surface area contributed by atoms with Crippen LogP contribution in [-0.2, 0) is 5.54 Å². The smallest absolute Gasteiger partial charge is 0.0514 e. The molecular weight excluding hydrogens is 190 g/mol. The Morgan fingerprint density at radius 1 is 1.21 bits per heavy atom. The fourth-order valence-electron chi connectivity index (χ4n) is 3.50. The van der Waals surface area contributed by atoms with E-state index < -0.39 is 0 Å². The normalized spacial score (nSPS) is 27.8. The van der Waals surface area contributed by atoms with Crippen LogP contribution in [0.4, 0.5) is 0 Å². The van der Waals surface area contributed by atoms with Gasteiger partial charge < -0.3 is 5.73 Å². The Bertz CT molecular complexity index is 314. The van der Waals surface area contributed by atoms with Crippen LogP contribution in [0.1, 0.15) is 43.4 Å². The van der Waals surface area contributed by atoms with Crippen molar-refractivity contribution in [1.82, 2.24) is 0 Å². The highest BCUT2D eigenvalue weighted by Crippen LogP contribution is 2.61. The summed E-state index contributed by atoms with van der Waals surface area (Å²) in [7, 11) is 0. The third-order valence-corrected chi connectivity index (χ3v) is 5.15. The lowest BCUT2D eigenvalue weighted by Gasteiger charge is -2.52. The summed E-state index contributed by atoms with van der Waals surface area (Å²) in [6, 6.07) is 4.32. The lowest BCUT2D eigenvalue weighted by atomic mass is 9.56. The molecule has 0 unspecified atom stereocenters. The molecule has 14 heavy (non-hydrogen) atoms. The van der Waals surface area contributed by atoms with Crippen molar-refractivity contribution >= 4 is 11.3 Å². The standard InChI is InChI=1S/C12H17NS/c13-12(10-4-3-7-14-10)8-11(9-12)5-1-2-6-11/h3-4,7H,1-2,5-6,8-9,13H2. The zero-order valence-corrected chi connectivity index (χ0v) is 9.28. The van der Waals surface area contributed by atoms with Crippen molar-refractivity contribution in [2.45, 2.75) is 44.1 Å². The van der Waals surface area contributed by atoms with Gasteiger partial charge in [0.25, 0.3) is 0 Å². The number of thiophene rings is 1. The lowest BCUT2D eigenvalue weighted by molar-refractivity contribution is 0.0337. The summed E-state index contributed by atoms with van der Waals surface area (Å²) in [5, 5.41) is 2.14. The second-order valence-electron chi connectivity index (χ2n) is 5.19. The minimum absolute atomic E-state index is 0.0402. The van der Waals surface area contributed by atoms with Crippen molar-refractivity contribution in [1.29, 1.82) is 0 Å². The molecule has 0 bridgehead atoms. The van der Waals surface area contributed by atoms with E-state index in [-0.39, 0.29) is 5.54 Å². The molecule has 2 aliphatic rings. The molecule has 2 N–H and O–H groups in total. The van der Waals surface area contributed by atoms with Crippen LogP contribution in [0.2, 0.25) is 0 Å². The molecule has 1 aromatic heterocycles. The molecule has 2 saturated carbocycles. The van der Waals surface area contributed by atoms with Gasteiger partial charge in [0.15, 0.2) is 0 Å². The monoisotopic (exact) mass is 207 g/mol. The molecule has 0 saturated heterocycles. The topological polar surface area (TPSA) is 26.0 Å². The number of hydrogen-bond acceptors (Lipinski definition) is 2. The number of hydrogen-bond donors (Lipinski definition) is 1. The number of rotatable bonds is 1. The molecule has 76 valence electrons. The van der Waals surface area contributed by atoms with Crippen molar-refractivity contribution in [2.75, 3.05) is 0 Å². The summed E-state index contributed by atoms with van der Waals surface area (Å²) in [6.45, 7) is 0. The molecule has 0 radical (unpaired) electrons. The Labute approximate surface area is 89.3 Å². The van der Waals surface area contributed by atoms with Crippen molar-refractivity contribution in [3.63, 3.8) is 0 Å². The van der Waals surface area contributed by atoms with Crippen molar-refractivity contribution in [2.24, 2.45) is 11.1 Å². The molecule has 1 spiro atoms. The van der Waals surface area contributed by atoms with Gasteiger partial charge >= 0.3 is 0 Å². The highest BCUT2D eigenvalue weighted by molar-refractivity contribution is 7.10. The average Bonchev–Trinajstić information content (AvgIpc) is 2.68. The maximum absolute atomic E-state index is 6.43. The fraction of sp³-hybridized carbons (Fsp3) is 0.667. The Kier molecular flexibility index (Phi) is 1.80. The molecule has 0 aliphatic heterocycles. The van der Waals surface area contributed by atoms with Crippen LogP contribution >= 0.6 is 11.3 Å². The molecule has 0 aromatic carbocycles. The zero-order chi connectivity index (χ0) is 9.65. The van der Waals surface area contributed by atoms with Gasteiger partial charge in [0.2, 0.25) is 0 Å². The first-order valence-corrected chi connectivity index (χ1v) is 6.43. The molecule has 0 amide bonds.